The number of aromatic nitrogens is 1. The average Bonchev–Trinajstić information content (AvgIpc) is 3.09. The van der Waals surface area contributed by atoms with E-state index in [4.69, 9.17) is 4.52 Å². The normalized spacial score (nSPS) is 17.0. The van der Waals surface area contributed by atoms with Gasteiger partial charge in [0.25, 0.3) is 0 Å². The molecule has 0 spiro atoms. The molecule has 2 heterocycles. The number of rotatable bonds is 5. The van der Waals surface area contributed by atoms with Crippen molar-refractivity contribution >= 4 is 6.03 Å². The third-order valence-corrected chi connectivity index (χ3v) is 4.24. The monoisotopic (exact) mass is 294 g/mol. The van der Waals surface area contributed by atoms with Crippen molar-refractivity contribution < 1.29 is 9.32 Å². The van der Waals surface area contributed by atoms with Crippen molar-refractivity contribution in [3.05, 3.63) is 17.0 Å². The van der Waals surface area contributed by atoms with E-state index >= 15 is 0 Å². The highest BCUT2D eigenvalue weighted by Gasteiger charge is 2.20. The lowest BCUT2D eigenvalue weighted by Crippen LogP contribution is -2.44. The summed E-state index contributed by atoms with van der Waals surface area (Å²) in [6.45, 7) is 9.43. The first kappa shape index (κ1) is 15.8. The number of aryl methyl sites for hydroxylation is 2. The highest BCUT2D eigenvalue weighted by molar-refractivity contribution is 5.73. The molecular weight excluding hydrogens is 268 g/mol. The van der Waals surface area contributed by atoms with Gasteiger partial charge in [0.15, 0.2) is 0 Å². The van der Waals surface area contributed by atoms with Crippen molar-refractivity contribution in [3.63, 3.8) is 0 Å². The number of urea groups is 1. The maximum atomic E-state index is 12.2. The molecule has 1 unspecified atom stereocenters. The number of hydrogen-bond donors (Lipinski definition) is 1. The van der Waals surface area contributed by atoms with Gasteiger partial charge in [-0.2, -0.15) is 0 Å². The highest BCUT2D eigenvalue weighted by Crippen LogP contribution is 2.14. The van der Waals surface area contributed by atoms with Crippen molar-refractivity contribution in [3.8, 4) is 0 Å². The van der Waals surface area contributed by atoms with E-state index in [1.807, 2.05) is 13.8 Å². The van der Waals surface area contributed by atoms with Crippen LogP contribution < -0.4 is 5.32 Å². The van der Waals surface area contributed by atoms with E-state index in [9.17, 15) is 4.79 Å². The van der Waals surface area contributed by atoms with Crippen LogP contribution in [0.3, 0.4) is 0 Å². The summed E-state index contributed by atoms with van der Waals surface area (Å²) in [6.07, 6.45) is 2.54. The molecule has 0 aliphatic carbocycles. The molecule has 0 radical (unpaired) electrons. The van der Waals surface area contributed by atoms with Crippen molar-refractivity contribution in [1.82, 2.24) is 20.3 Å². The van der Waals surface area contributed by atoms with Crippen LogP contribution >= 0.6 is 0 Å². The summed E-state index contributed by atoms with van der Waals surface area (Å²) >= 11 is 0. The van der Waals surface area contributed by atoms with Crippen LogP contribution in [0.25, 0.3) is 0 Å². The zero-order chi connectivity index (χ0) is 15.4. The van der Waals surface area contributed by atoms with Gasteiger partial charge in [-0.25, -0.2) is 4.79 Å². The van der Waals surface area contributed by atoms with Gasteiger partial charge in [-0.15, -0.1) is 0 Å². The zero-order valence-corrected chi connectivity index (χ0v) is 13.5. The summed E-state index contributed by atoms with van der Waals surface area (Å²) < 4.78 is 5.13. The van der Waals surface area contributed by atoms with Crippen LogP contribution in [0.2, 0.25) is 0 Å². The van der Waals surface area contributed by atoms with Gasteiger partial charge in [-0.05, 0) is 46.7 Å². The Morgan fingerprint density at radius 3 is 2.67 bits per heavy atom. The SMILES string of the molecule is Cc1noc(C)c1CN(C)C(=O)NCC(C)N1CCCC1. The van der Waals surface area contributed by atoms with Crippen molar-refractivity contribution in [2.24, 2.45) is 0 Å². The van der Waals surface area contributed by atoms with Crippen LogP contribution in [0.15, 0.2) is 4.52 Å². The van der Waals surface area contributed by atoms with Crippen LogP contribution in [0, 0.1) is 13.8 Å². The Morgan fingerprint density at radius 2 is 2.10 bits per heavy atom. The van der Waals surface area contributed by atoms with E-state index in [0.717, 1.165) is 30.1 Å². The summed E-state index contributed by atoms with van der Waals surface area (Å²) in [5.41, 5.74) is 1.83. The van der Waals surface area contributed by atoms with Gasteiger partial charge >= 0.3 is 6.03 Å². The summed E-state index contributed by atoms with van der Waals surface area (Å²) in [7, 11) is 1.79. The Morgan fingerprint density at radius 1 is 1.43 bits per heavy atom. The fourth-order valence-corrected chi connectivity index (χ4v) is 2.72. The van der Waals surface area contributed by atoms with E-state index in [1.165, 1.54) is 12.8 Å². The van der Waals surface area contributed by atoms with Crippen LogP contribution in [0.5, 0.6) is 0 Å². The van der Waals surface area contributed by atoms with Gasteiger partial charge in [0.2, 0.25) is 0 Å². The maximum Gasteiger partial charge on any atom is 0.317 e. The van der Waals surface area contributed by atoms with E-state index in [1.54, 1.807) is 11.9 Å². The topological polar surface area (TPSA) is 61.6 Å². The Hall–Kier alpha value is -1.56. The maximum absolute atomic E-state index is 12.2. The van der Waals surface area contributed by atoms with E-state index < -0.39 is 0 Å². The first-order valence-corrected chi connectivity index (χ1v) is 7.63. The second-order valence-electron chi connectivity index (χ2n) is 5.94. The number of likely N-dealkylation sites (tertiary alicyclic amines) is 1. The molecule has 1 N–H and O–H groups in total. The quantitative estimate of drug-likeness (QED) is 0.901. The van der Waals surface area contributed by atoms with Gasteiger partial charge in [0.1, 0.15) is 5.76 Å². The largest absolute Gasteiger partial charge is 0.361 e. The third kappa shape index (κ3) is 3.97. The molecule has 0 aromatic carbocycles. The first-order valence-electron chi connectivity index (χ1n) is 7.63. The first-order chi connectivity index (χ1) is 9.99. The fraction of sp³-hybridized carbons (Fsp3) is 0.733. The standard InChI is InChI=1S/C15H26N4O2/c1-11(19-7-5-6-8-19)9-16-15(20)18(4)10-14-12(2)17-21-13(14)3/h11H,5-10H2,1-4H3,(H,16,20). The van der Waals surface area contributed by atoms with Crippen molar-refractivity contribution in [2.45, 2.75) is 46.2 Å². The fourth-order valence-electron chi connectivity index (χ4n) is 2.72. The lowest BCUT2D eigenvalue weighted by Gasteiger charge is -2.25. The van der Waals surface area contributed by atoms with Crippen LogP contribution in [0.1, 0.15) is 36.8 Å². The minimum absolute atomic E-state index is 0.0546. The predicted molar refractivity (Wildman–Crippen MR) is 81.1 cm³/mol. The van der Waals surface area contributed by atoms with Gasteiger partial charge in [0, 0.05) is 25.2 Å². The number of carbonyl (C=O) groups excluding carboxylic acids is 1. The molecule has 1 aromatic heterocycles. The highest BCUT2D eigenvalue weighted by atomic mass is 16.5. The molecule has 1 fully saturated rings. The number of amides is 2. The molecule has 1 atom stereocenters. The Bertz CT molecular complexity index is 461. The Labute approximate surface area is 126 Å². The third-order valence-electron chi connectivity index (χ3n) is 4.24. The molecule has 1 aliphatic rings. The van der Waals surface area contributed by atoms with Gasteiger partial charge in [0.05, 0.1) is 12.2 Å². The van der Waals surface area contributed by atoms with Crippen molar-refractivity contribution in [1.29, 1.82) is 0 Å². The van der Waals surface area contributed by atoms with Crippen LogP contribution in [-0.2, 0) is 6.54 Å². The average molecular weight is 294 g/mol. The number of nitrogens with zero attached hydrogens (tertiary/aromatic N) is 3. The van der Waals surface area contributed by atoms with Gasteiger partial charge in [-0.1, -0.05) is 5.16 Å². The second kappa shape index (κ2) is 6.93. The van der Waals surface area contributed by atoms with E-state index in [2.05, 4.69) is 22.3 Å². The predicted octanol–water partition coefficient (Wildman–Crippen LogP) is 1.92. The lowest BCUT2D eigenvalue weighted by atomic mass is 10.2. The smallest absolute Gasteiger partial charge is 0.317 e. The van der Waals surface area contributed by atoms with Crippen LogP contribution in [0.4, 0.5) is 4.79 Å². The van der Waals surface area contributed by atoms with Gasteiger partial charge < -0.3 is 14.7 Å². The molecule has 2 amide bonds. The summed E-state index contributed by atoms with van der Waals surface area (Å²) in [4.78, 5) is 16.3. The lowest BCUT2D eigenvalue weighted by molar-refractivity contribution is 0.197. The van der Waals surface area contributed by atoms with E-state index in [0.29, 0.717) is 19.1 Å². The number of nitrogens with one attached hydrogen (secondary N) is 1. The number of hydrogen-bond acceptors (Lipinski definition) is 4. The molecule has 0 bridgehead atoms. The molecule has 1 aliphatic heterocycles. The molecule has 1 aromatic rings. The van der Waals surface area contributed by atoms with Crippen molar-refractivity contribution in [2.75, 3.05) is 26.7 Å². The molecule has 6 heteroatoms. The Kier molecular flexibility index (Phi) is 5.22. The zero-order valence-electron chi connectivity index (χ0n) is 13.5. The summed E-state index contributed by atoms with van der Waals surface area (Å²) in [6, 6.07) is 0.338. The summed E-state index contributed by atoms with van der Waals surface area (Å²) in [5, 5.41) is 6.92. The van der Waals surface area contributed by atoms with Gasteiger partial charge in [-0.3, -0.25) is 4.90 Å². The molecule has 0 saturated carbocycles. The molecule has 1 saturated heterocycles. The minimum atomic E-state index is -0.0546. The second-order valence-corrected chi connectivity index (χ2v) is 5.94. The molecule has 6 nitrogen and oxygen atoms in total. The summed E-state index contributed by atoms with van der Waals surface area (Å²) in [5.74, 6) is 0.776. The molecule has 118 valence electrons. The molecule has 2 rings (SSSR count). The molecular formula is C15H26N4O2. The minimum Gasteiger partial charge on any atom is -0.361 e. The molecule has 21 heavy (non-hydrogen) atoms. The number of carbonyl (C=O) groups is 1. The Balaban J connectivity index is 1.79. The van der Waals surface area contributed by atoms with Crippen LogP contribution in [-0.4, -0.2) is 53.7 Å². The van der Waals surface area contributed by atoms with E-state index in [-0.39, 0.29) is 6.03 Å².